The van der Waals surface area contributed by atoms with Gasteiger partial charge < -0.3 is 4.74 Å². The fourth-order valence-electron chi connectivity index (χ4n) is 1.64. The summed E-state index contributed by atoms with van der Waals surface area (Å²) in [6.07, 6.45) is 0. The Hall–Kier alpha value is -1.40. The lowest BCUT2D eigenvalue weighted by atomic mass is 10.2. The first-order valence-corrected chi connectivity index (χ1v) is 7.05. The molecule has 0 aliphatic rings. The van der Waals surface area contributed by atoms with E-state index in [1.54, 1.807) is 10.6 Å². The maximum absolute atomic E-state index is 11.6. The Morgan fingerprint density at radius 3 is 2.72 bits per heavy atom. The van der Waals surface area contributed by atoms with Crippen molar-refractivity contribution in [1.82, 2.24) is 4.57 Å². The van der Waals surface area contributed by atoms with Gasteiger partial charge in [-0.2, -0.15) is 0 Å². The van der Waals surface area contributed by atoms with Crippen LogP contribution in [0.1, 0.15) is 25.8 Å². The van der Waals surface area contributed by atoms with Crippen LogP contribution in [-0.4, -0.2) is 17.6 Å². The van der Waals surface area contributed by atoms with E-state index in [0.29, 0.717) is 11.4 Å². The number of carbonyl (C=O) groups is 1. The molecule has 2 aromatic rings. The van der Waals surface area contributed by atoms with Gasteiger partial charge in [-0.15, -0.1) is 11.3 Å². The van der Waals surface area contributed by atoms with Gasteiger partial charge in [0, 0.05) is 16.0 Å². The second-order valence-corrected chi connectivity index (χ2v) is 5.99. The summed E-state index contributed by atoms with van der Waals surface area (Å²) in [6.45, 7) is 4.35. The molecule has 0 aliphatic heterocycles. The number of carbonyl (C=O) groups excluding carboxylic acids is 1. The van der Waals surface area contributed by atoms with Crippen molar-refractivity contribution in [2.75, 3.05) is 7.11 Å². The molecule has 4 nitrogen and oxygen atoms in total. The molecule has 0 unspecified atom stereocenters. The van der Waals surface area contributed by atoms with Gasteiger partial charge in [-0.25, -0.2) is 4.79 Å². The molecule has 0 amide bonds. The summed E-state index contributed by atoms with van der Waals surface area (Å²) >= 11 is 2.59. The van der Waals surface area contributed by atoms with Gasteiger partial charge in [0.15, 0.2) is 0 Å². The lowest BCUT2D eigenvalue weighted by Gasteiger charge is -2.03. The largest absolute Gasteiger partial charge is 0.465 e. The van der Waals surface area contributed by atoms with Gasteiger partial charge in [0.2, 0.25) is 0 Å². The van der Waals surface area contributed by atoms with Gasteiger partial charge in [0.25, 0.3) is 0 Å². The van der Waals surface area contributed by atoms with E-state index in [-0.39, 0.29) is 10.8 Å². The molecule has 0 N–H and O–H groups in total. The molecular weight excluding hydrogens is 270 g/mol. The van der Waals surface area contributed by atoms with Crippen molar-refractivity contribution in [2.45, 2.75) is 20.4 Å². The minimum absolute atomic E-state index is 0.0257. The number of hydrogen-bond acceptors (Lipinski definition) is 5. The number of ether oxygens (including phenoxy) is 1. The lowest BCUT2D eigenvalue weighted by Crippen LogP contribution is -2.15. The van der Waals surface area contributed by atoms with Crippen molar-refractivity contribution in [3.8, 4) is 0 Å². The van der Waals surface area contributed by atoms with Gasteiger partial charge in [-0.3, -0.25) is 9.36 Å². The van der Waals surface area contributed by atoms with E-state index in [1.807, 2.05) is 19.2 Å². The van der Waals surface area contributed by atoms with Crippen molar-refractivity contribution in [1.29, 1.82) is 0 Å². The quantitative estimate of drug-likeness (QED) is 0.813. The third-order valence-electron chi connectivity index (χ3n) is 2.71. The summed E-state index contributed by atoms with van der Waals surface area (Å²) in [6, 6.07) is 1.80. The smallest absolute Gasteiger partial charge is 0.348 e. The van der Waals surface area contributed by atoms with E-state index in [4.69, 9.17) is 4.74 Å². The summed E-state index contributed by atoms with van der Waals surface area (Å²) in [5.74, 6) is -0.330. The van der Waals surface area contributed by atoms with E-state index in [9.17, 15) is 9.59 Å². The maximum Gasteiger partial charge on any atom is 0.348 e. The van der Waals surface area contributed by atoms with E-state index >= 15 is 0 Å². The van der Waals surface area contributed by atoms with Crippen LogP contribution in [0.5, 0.6) is 0 Å². The average Bonchev–Trinajstić information content (AvgIpc) is 2.86. The first kappa shape index (κ1) is 13.0. The number of nitrogens with zero attached hydrogens (tertiary/aromatic N) is 1. The Bertz CT molecular complexity index is 636. The zero-order valence-corrected chi connectivity index (χ0v) is 12.0. The number of thiazole rings is 1. The van der Waals surface area contributed by atoms with E-state index < -0.39 is 0 Å². The van der Waals surface area contributed by atoms with Crippen molar-refractivity contribution in [3.05, 3.63) is 42.1 Å². The van der Waals surface area contributed by atoms with Gasteiger partial charge in [-0.1, -0.05) is 11.3 Å². The molecule has 0 saturated heterocycles. The molecular formula is C12H13NO3S2. The summed E-state index contributed by atoms with van der Waals surface area (Å²) in [7, 11) is 1.37. The van der Waals surface area contributed by atoms with Crippen molar-refractivity contribution in [2.24, 2.45) is 0 Å². The van der Waals surface area contributed by atoms with E-state index in [2.05, 4.69) is 0 Å². The SMILES string of the molecule is COC(=O)c1cc(Cn2c(C)csc2=O)c(C)s1. The second kappa shape index (κ2) is 5.07. The molecule has 0 aromatic carbocycles. The summed E-state index contributed by atoms with van der Waals surface area (Å²) in [5, 5.41) is 1.84. The minimum atomic E-state index is -0.330. The van der Waals surface area contributed by atoms with Crippen LogP contribution in [-0.2, 0) is 11.3 Å². The molecule has 0 spiro atoms. The molecule has 0 radical (unpaired) electrons. The average molecular weight is 283 g/mol. The molecule has 0 bridgehead atoms. The molecule has 0 atom stereocenters. The molecule has 18 heavy (non-hydrogen) atoms. The van der Waals surface area contributed by atoms with Crippen LogP contribution in [0.4, 0.5) is 0 Å². The standard InChI is InChI=1S/C12H13NO3S2/c1-7-6-17-12(15)13(7)5-9-4-10(11(14)16-3)18-8(9)2/h4,6H,5H2,1-3H3. The number of aryl methyl sites for hydroxylation is 2. The molecule has 0 saturated carbocycles. The highest BCUT2D eigenvalue weighted by molar-refractivity contribution is 7.14. The van der Waals surface area contributed by atoms with Crippen LogP contribution < -0.4 is 4.87 Å². The van der Waals surface area contributed by atoms with Crippen LogP contribution in [0.3, 0.4) is 0 Å². The number of methoxy groups -OCH3 is 1. The molecule has 2 aromatic heterocycles. The summed E-state index contributed by atoms with van der Waals surface area (Å²) in [4.78, 5) is 24.7. The van der Waals surface area contributed by atoms with Gasteiger partial charge in [-0.05, 0) is 25.5 Å². The summed E-state index contributed by atoms with van der Waals surface area (Å²) in [5.41, 5.74) is 1.93. The normalized spacial score (nSPS) is 10.6. The Morgan fingerprint density at radius 2 is 2.17 bits per heavy atom. The predicted molar refractivity (Wildman–Crippen MR) is 72.8 cm³/mol. The Labute approximate surface area is 112 Å². The predicted octanol–water partition coefficient (Wildman–Crippen LogP) is 2.42. The minimum Gasteiger partial charge on any atom is -0.465 e. The van der Waals surface area contributed by atoms with Gasteiger partial charge in [0.05, 0.1) is 13.7 Å². The first-order chi connectivity index (χ1) is 8.52. The highest BCUT2D eigenvalue weighted by Gasteiger charge is 2.14. The van der Waals surface area contributed by atoms with Crippen LogP contribution in [0.15, 0.2) is 16.2 Å². The third kappa shape index (κ3) is 2.39. The topological polar surface area (TPSA) is 48.3 Å². The highest BCUT2D eigenvalue weighted by atomic mass is 32.1. The number of aromatic nitrogens is 1. The van der Waals surface area contributed by atoms with Crippen LogP contribution in [0.25, 0.3) is 0 Å². The van der Waals surface area contributed by atoms with Crippen LogP contribution in [0, 0.1) is 13.8 Å². The zero-order valence-electron chi connectivity index (χ0n) is 10.4. The first-order valence-electron chi connectivity index (χ1n) is 5.35. The van der Waals surface area contributed by atoms with Crippen molar-refractivity contribution >= 4 is 28.6 Å². The summed E-state index contributed by atoms with van der Waals surface area (Å²) < 4.78 is 6.40. The molecule has 0 aliphatic carbocycles. The van der Waals surface area contributed by atoms with Gasteiger partial charge in [0.1, 0.15) is 4.88 Å². The fraction of sp³-hybridized carbons (Fsp3) is 0.333. The van der Waals surface area contributed by atoms with Crippen molar-refractivity contribution in [3.63, 3.8) is 0 Å². The Morgan fingerprint density at radius 1 is 1.44 bits per heavy atom. The highest BCUT2D eigenvalue weighted by Crippen LogP contribution is 2.23. The van der Waals surface area contributed by atoms with Crippen molar-refractivity contribution < 1.29 is 9.53 Å². The third-order valence-corrected chi connectivity index (χ3v) is 4.67. The Balaban J connectivity index is 2.33. The Kier molecular flexibility index (Phi) is 3.68. The molecule has 0 fully saturated rings. The van der Waals surface area contributed by atoms with Crippen LogP contribution >= 0.6 is 22.7 Å². The van der Waals surface area contributed by atoms with Crippen LogP contribution in [0.2, 0.25) is 0 Å². The number of rotatable bonds is 3. The second-order valence-electron chi connectivity index (χ2n) is 3.91. The fourth-order valence-corrected chi connectivity index (χ4v) is 3.33. The monoisotopic (exact) mass is 283 g/mol. The number of hydrogen-bond donors (Lipinski definition) is 0. The van der Waals surface area contributed by atoms with E-state index in [0.717, 1.165) is 16.1 Å². The van der Waals surface area contributed by atoms with E-state index in [1.165, 1.54) is 29.8 Å². The molecule has 2 heterocycles. The zero-order chi connectivity index (χ0) is 13.3. The molecule has 6 heteroatoms. The number of thiophene rings is 1. The maximum atomic E-state index is 11.6. The molecule has 2 rings (SSSR count). The lowest BCUT2D eigenvalue weighted by molar-refractivity contribution is 0.0606. The van der Waals surface area contributed by atoms with Gasteiger partial charge >= 0.3 is 10.8 Å². The number of esters is 1. The molecule has 96 valence electrons.